The summed E-state index contributed by atoms with van der Waals surface area (Å²) in [6, 6.07) is 10.4. The standard InChI is InChI=1S/C20H24N4O/c1-14-8-5-6-13-24(14)20-22-16-11-7-12-17(25)18(16)19(23-20)21-15-9-3-2-4-10-15/h2-4,9-10,14H,5-8,11-13H2,1H3,(H,21,22,23). The first kappa shape index (κ1) is 16.1. The summed E-state index contributed by atoms with van der Waals surface area (Å²) in [4.78, 5) is 24.4. The molecular formula is C20H24N4O. The van der Waals surface area contributed by atoms with Crippen LogP contribution in [-0.4, -0.2) is 28.3 Å². The molecule has 0 spiro atoms. The molecule has 0 radical (unpaired) electrons. The summed E-state index contributed by atoms with van der Waals surface area (Å²) >= 11 is 0. The van der Waals surface area contributed by atoms with Crippen molar-refractivity contribution < 1.29 is 4.79 Å². The van der Waals surface area contributed by atoms with Crippen LogP contribution in [0.5, 0.6) is 0 Å². The number of nitrogens with zero attached hydrogens (tertiary/aromatic N) is 3. The molecule has 0 saturated carbocycles. The van der Waals surface area contributed by atoms with Crippen LogP contribution >= 0.6 is 0 Å². The van der Waals surface area contributed by atoms with Crippen LogP contribution in [0.3, 0.4) is 0 Å². The van der Waals surface area contributed by atoms with Gasteiger partial charge in [0.15, 0.2) is 5.78 Å². The number of rotatable bonds is 3. The van der Waals surface area contributed by atoms with Gasteiger partial charge in [0.2, 0.25) is 5.95 Å². The molecule has 5 heteroatoms. The summed E-state index contributed by atoms with van der Waals surface area (Å²) in [5, 5.41) is 3.36. The maximum absolute atomic E-state index is 12.5. The smallest absolute Gasteiger partial charge is 0.227 e. The third-order valence-electron chi connectivity index (χ3n) is 5.16. The van der Waals surface area contributed by atoms with Gasteiger partial charge in [0.1, 0.15) is 5.82 Å². The Balaban J connectivity index is 1.77. The number of benzene rings is 1. The van der Waals surface area contributed by atoms with E-state index in [0.29, 0.717) is 23.8 Å². The number of carbonyl (C=O) groups is 1. The average Bonchev–Trinajstić information content (AvgIpc) is 2.63. The summed E-state index contributed by atoms with van der Waals surface area (Å²) in [5.41, 5.74) is 2.53. The average molecular weight is 336 g/mol. The maximum Gasteiger partial charge on any atom is 0.227 e. The van der Waals surface area contributed by atoms with E-state index in [0.717, 1.165) is 36.7 Å². The van der Waals surface area contributed by atoms with Gasteiger partial charge in [-0.25, -0.2) is 4.98 Å². The number of hydrogen-bond acceptors (Lipinski definition) is 5. The molecular weight excluding hydrogens is 312 g/mol. The highest BCUT2D eigenvalue weighted by molar-refractivity contribution is 6.03. The second kappa shape index (κ2) is 6.82. The lowest BCUT2D eigenvalue weighted by Crippen LogP contribution is -2.39. The summed E-state index contributed by atoms with van der Waals surface area (Å²) < 4.78 is 0. The molecule has 4 rings (SSSR count). The molecule has 2 aliphatic rings. The first-order valence-electron chi connectivity index (χ1n) is 9.25. The van der Waals surface area contributed by atoms with Crippen LogP contribution < -0.4 is 10.2 Å². The zero-order valence-electron chi connectivity index (χ0n) is 14.7. The Hall–Kier alpha value is -2.43. The second-order valence-corrected chi connectivity index (χ2v) is 7.00. The fraction of sp³-hybridized carbons (Fsp3) is 0.450. The number of Topliss-reactive ketones (excluding diaryl/α,β-unsaturated/α-hetero) is 1. The van der Waals surface area contributed by atoms with Gasteiger partial charge in [-0.05, 0) is 51.2 Å². The molecule has 1 atom stereocenters. The molecule has 1 aliphatic heterocycles. The number of fused-ring (bicyclic) bond motifs is 1. The Labute approximate surface area is 148 Å². The molecule has 0 bridgehead atoms. The molecule has 25 heavy (non-hydrogen) atoms. The van der Waals surface area contributed by atoms with E-state index in [-0.39, 0.29) is 5.78 Å². The van der Waals surface area contributed by atoms with Gasteiger partial charge in [0.25, 0.3) is 0 Å². The maximum atomic E-state index is 12.5. The fourth-order valence-corrected chi connectivity index (χ4v) is 3.78. The van der Waals surface area contributed by atoms with Crippen molar-refractivity contribution in [3.8, 4) is 0 Å². The van der Waals surface area contributed by atoms with Crippen LogP contribution in [0.4, 0.5) is 17.5 Å². The first-order chi connectivity index (χ1) is 12.2. The molecule has 1 fully saturated rings. The zero-order chi connectivity index (χ0) is 17.2. The number of carbonyl (C=O) groups excluding carboxylic acids is 1. The van der Waals surface area contributed by atoms with E-state index in [9.17, 15) is 4.79 Å². The Morgan fingerprint density at radius 2 is 1.92 bits per heavy atom. The highest BCUT2D eigenvalue weighted by Gasteiger charge is 2.28. The van der Waals surface area contributed by atoms with Crippen molar-refractivity contribution in [2.24, 2.45) is 0 Å². The van der Waals surface area contributed by atoms with Crippen molar-refractivity contribution >= 4 is 23.2 Å². The van der Waals surface area contributed by atoms with Crippen molar-refractivity contribution in [3.63, 3.8) is 0 Å². The molecule has 2 aromatic rings. The van der Waals surface area contributed by atoms with E-state index >= 15 is 0 Å². The fourth-order valence-electron chi connectivity index (χ4n) is 3.78. The molecule has 1 aliphatic carbocycles. The topological polar surface area (TPSA) is 58.1 Å². The number of nitrogens with one attached hydrogen (secondary N) is 1. The molecule has 0 amide bonds. The third kappa shape index (κ3) is 3.23. The van der Waals surface area contributed by atoms with E-state index < -0.39 is 0 Å². The van der Waals surface area contributed by atoms with E-state index in [4.69, 9.17) is 9.97 Å². The number of anilines is 3. The summed E-state index contributed by atoms with van der Waals surface area (Å²) in [5.74, 6) is 1.57. The lowest BCUT2D eigenvalue weighted by molar-refractivity contribution is 0.0972. The Kier molecular flexibility index (Phi) is 4.38. The predicted octanol–water partition coefficient (Wildman–Crippen LogP) is 4.12. The van der Waals surface area contributed by atoms with Crippen molar-refractivity contribution in [1.82, 2.24) is 9.97 Å². The van der Waals surface area contributed by atoms with Crippen LogP contribution in [0.15, 0.2) is 30.3 Å². The summed E-state index contributed by atoms with van der Waals surface area (Å²) in [6.07, 6.45) is 5.91. The number of piperidine rings is 1. The number of para-hydroxylation sites is 1. The molecule has 1 unspecified atom stereocenters. The summed E-state index contributed by atoms with van der Waals surface area (Å²) in [7, 11) is 0. The van der Waals surface area contributed by atoms with E-state index in [1.165, 1.54) is 19.3 Å². The minimum Gasteiger partial charge on any atom is -0.339 e. The highest BCUT2D eigenvalue weighted by Crippen LogP contribution is 2.31. The van der Waals surface area contributed by atoms with Gasteiger partial charge in [0.05, 0.1) is 11.3 Å². The van der Waals surface area contributed by atoms with Crippen LogP contribution in [0.2, 0.25) is 0 Å². The molecule has 1 N–H and O–H groups in total. The summed E-state index contributed by atoms with van der Waals surface area (Å²) in [6.45, 7) is 3.22. The molecule has 5 nitrogen and oxygen atoms in total. The number of ketones is 1. The minimum atomic E-state index is 0.151. The van der Waals surface area contributed by atoms with Crippen LogP contribution in [-0.2, 0) is 6.42 Å². The largest absolute Gasteiger partial charge is 0.339 e. The van der Waals surface area contributed by atoms with Gasteiger partial charge in [-0.15, -0.1) is 0 Å². The second-order valence-electron chi connectivity index (χ2n) is 7.00. The van der Waals surface area contributed by atoms with E-state index in [2.05, 4.69) is 17.1 Å². The van der Waals surface area contributed by atoms with Gasteiger partial charge >= 0.3 is 0 Å². The van der Waals surface area contributed by atoms with Crippen molar-refractivity contribution in [1.29, 1.82) is 0 Å². The number of hydrogen-bond donors (Lipinski definition) is 1. The van der Waals surface area contributed by atoms with Gasteiger partial charge < -0.3 is 10.2 Å². The molecule has 2 heterocycles. The quantitative estimate of drug-likeness (QED) is 0.914. The minimum absolute atomic E-state index is 0.151. The Morgan fingerprint density at radius 3 is 2.72 bits per heavy atom. The molecule has 1 aromatic heterocycles. The Morgan fingerprint density at radius 1 is 1.08 bits per heavy atom. The van der Waals surface area contributed by atoms with Crippen LogP contribution in [0.25, 0.3) is 0 Å². The van der Waals surface area contributed by atoms with Crippen LogP contribution in [0, 0.1) is 0 Å². The zero-order valence-corrected chi connectivity index (χ0v) is 14.7. The van der Waals surface area contributed by atoms with Gasteiger partial charge in [-0.3, -0.25) is 4.79 Å². The first-order valence-corrected chi connectivity index (χ1v) is 9.25. The molecule has 1 aromatic carbocycles. The van der Waals surface area contributed by atoms with Crippen molar-refractivity contribution in [2.45, 2.75) is 51.5 Å². The van der Waals surface area contributed by atoms with Gasteiger partial charge in [0, 0.05) is 24.7 Å². The van der Waals surface area contributed by atoms with Gasteiger partial charge in [-0.2, -0.15) is 4.98 Å². The SMILES string of the molecule is CC1CCCCN1c1nc2c(c(Nc3ccccc3)n1)C(=O)CCC2. The Bertz CT molecular complexity index is 775. The normalized spacial score (nSPS) is 20.3. The lowest BCUT2D eigenvalue weighted by Gasteiger charge is -2.34. The lowest BCUT2D eigenvalue weighted by atomic mass is 9.95. The third-order valence-corrected chi connectivity index (χ3v) is 5.16. The van der Waals surface area contributed by atoms with E-state index in [1.54, 1.807) is 0 Å². The predicted molar refractivity (Wildman–Crippen MR) is 99.7 cm³/mol. The number of aryl methyl sites for hydroxylation is 1. The molecule has 130 valence electrons. The monoisotopic (exact) mass is 336 g/mol. The number of aromatic nitrogens is 2. The van der Waals surface area contributed by atoms with E-state index in [1.807, 2.05) is 30.3 Å². The van der Waals surface area contributed by atoms with Crippen molar-refractivity contribution in [2.75, 3.05) is 16.8 Å². The molecule has 1 saturated heterocycles. The highest BCUT2D eigenvalue weighted by atomic mass is 16.1. The van der Waals surface area contributed by atoms with Crippen LogP contribution in [0.1, 0.15) is 55.1 Å². The van der Waals surface area contributed by atoms with Gasteiger partial charge in [-0.1, -0.05) is 18.2 Å². The van der Waals surface area contributed by atoms with Crippen molar-refractivity contribution in [3.05, 3.63) is 41.6 Å².